The van der Waals surface area contributed by atoms with Gasteiger partial charge in [-0.1, -0.05) is 17.7 Å². The molecule has 0 aliphatic heterocycles. The van der Waals surface area contributed by atoms with Gasteiger partial charge in [0, 0.05) is 6.92 Å². The summed E-state index contributed by atoms with van der Waals surface area (Å²) in [6, 6.07) is 4.29. The molecular formula is C12H14ClNO4. The summed E-state index contributed by atoms with van der Waals surface area (Å²) in [5, 5.41) is 11.8. The fourth-order valence-electron chi connectivity index (χ4n) is 1.57. The van der Waals surface area contributed by atoms with E-state index in [2.05, 4.69) is 5.32 Å². The number of methoxy groups -OCH3 is 1. The average Bonchev–Trinajstić information content (AvgIpc) is 2.26. The topological polar surface area (TPSA) is 75.6 Å². The quantitative estimate of drug-likeness (QED) is 0.859. The number of amides is 1. The zero-order chi connectivity index (χ0) is 13.7. The minimum absolute atomic E-state index is 0.206. The van der Waals surface area contributed by atoms with Crippen LogP contribution in [0.3, 0.4) is 0 Å². The van der Waals surface area contributed by atoms with Crippen LogP contribution in [0.5, 0.6) is 5.75 Å². The Hall–Kier alpha value is -1.75. The number of halogens is 1. The van der Waals surface area contributed by atoms with Crippen molar-refractivity contribution in [2.75, 3.05) is 7.11 Å². The van der Waals surface area contributed by atoms with Crippen LogP contribution in [0.15, 0.2) is 18.2 Å². The monoisotopic (exact) mass is 271 g/mol. The first-order valence-electron chi connectivity index (χ1n) is 5.26. The Labute approximate surface area is 110 Å². The van der Waals surface area contributed by atoms with E-state index in [0.717, 1.165) is 0 Å². The van der Waals surface area contributed by atoms with E-state index < -0.39 is 12.0 Å². The van der Waals surface area contributed by atoms with Gasteiger partial charge in [-0.2, -0.15) is 0 Å². The number of rotatable bonds is 5. The second-order valence-electron chi connectivity index (χ2n) is 3.74. The molecule has 1 aromatic rings. The van der Waals surface area contributed by atoms with E-state index in [0.29, 0.717) is 16.3 Å². The van der Waals surface area contributed by atoms with Crippen LogP contribution in [0.2, 0.25) is 5.02 Å². The molecule has 2 N–H and O–H groups in total. The molecule has 98 valence electrons. The molecule has 0 spiro atoms. The van der Waals surface area contributed by atoms with E-state index in [-0.39, 0.29) is 12.3 Å². The standard InChI is InChI=1S/C12H14ClNO4/c1-7(15)14-10(6-12(16)17)8-3-4-11(18-2)9(13)5-8/h3-5,10H,6H2,1-2H3,(H,14,15)(H,16,17). The number of hydrogen-bond donors (Lipinski definition) is 2. The van der Waals surface area contributed by atoms with E-state index in [1.807, 2.05) is 0 Å². The minimum atomic E-state index is -0.999. The van der Waals surface area contributed by atoms with E-state index >= 15 is 0 Å². The van der Waals surface area contributed by atoms with Crippen molar-refractivity contribution in [2.45, 2.75) is 19.4 Å². The third-order valence-corrected chi connectivity index (χ3v) is 2.63. The molecule has 1 amide bonds. The van der Waals surface area contributed by atoms with E-state index in [1.165, 1.54) is 14.0 Å². The van der Waals surface area contributed by atoms with Crippen LogP contribution in [0.25, 0.3) is 0 Å². The number of aliphatic carboxylic acids is 1. The van der Waals surface area contributed by atoms with E-state index in [9.17, 15) is 9.59 Å². The molecule has 1 unspecified atom stereocenters. The molecule has 1 atom stereocenters. The summed E-state index contributed by atoms with van der Waals surface area (Å²) in [5.41, 5.74) is 0.624. The summed E-state index contributed by atoms with van der Waals surface area (Å²) >= 11 is 5.96. The first-order chi connectivity index (χ1) is 8.43. The number of ether oxygens (including phenoxy) is 1. The Morgan fingerprint density at radius 1 is 1.50 bits per heavy atom. The third kappa shape index (κ3) is 3.92. The summed E-state index contributed by atoms with van der Waals surface area (Å²) in [5.74, 6) is -0.800. The Morgan fingerprint density at radius 2 is 2.17 bits per heavy atom. The minimum Gasteiger partial charge on any atom is -0.495 e. The lowest BCUT2D eigenvalue weighted by Crippen LogP contribution is -2.28. The van der Waals surface area contributed by atoms with Crippen molar-refractivity contribution in [1.29, 1.82) is 0 Å². The molecule has 0 saturated carbocycles. The van der Waals surface area contributed by atoms with Crippen molar-refractivity contribution in [2.24, 2.45) is 0 Å². The fraction of sp³-hybridized carbons (Fsp3) is 0.333. The Morgan fingerprint density at radius 3 is 2.61 bits per heavy atom. The lowest BCUT2D eigenvalue weighted by molar-refractivity contribution is -0.137. The lowest BCUT2D eigenvalue weighted by atomic mass is 10.0. The van der Waals surface area contributed by atoms with Gasteiger partial charge in [0.25, 0.3) is 0 Å². The predicted molar refractivity (Wildman–Crippen MR) is 66.8 cm³/mol. The number of carbonyl (C=O) groups is 2. The van der Waals surface area contributed by atoms with Gasteiger partial charge >= 0.3 is 5.97 Å². The fourth-order valence-corrected chi connectivity index (χ4v) is 1.84. The average molecular weight is 272 g/mol. The van der Waals surface area contributed by atoms with Crippen LogP contribution >= 0.6 is 11.6 Å². The summed E-state index contributed by atoms with van der Waals surface area (Å²) in [6.07, 6.45) is -0.206. The van der Waals surface area contributed by atoms with Gasteiger partial charge in [0.05, 0.1) is 24.6 Å². The van der Waals surface area contributed by atoms with Crippen molar-refractivity contribution >= 4 is 23.5 Å². The molecule has 1 aromatic carbocycles. The van der Waals surface area contributed by atoms with Crippen LogP contribution in [-0.2, 0) is 9.59 Å². The summed E-state index contributed by atoms with van der Waals surface area (Å²) in [7, 11) is 1.49. The van der Waals surface area contributed by atoms with Crippen molar-refractivity contribution in [3.05, 3.63) is 28.8 Å². The highest BCUT2D eigenvalue weighted by Gasteiger charge is 2.17. The molecule has 0 aromatic heterocycles. The number of nitrogens with one attached hydrogen (secondary N) is 1. The molecule has 0 bridgehead atoms. The van der Waals surface area contributed by atoms with Gasteiger partial charge in [-0.05, 0) is 17.7 Å². The highest BCUT2D eigenvalue weighted by Crippen LogP contribution is 2.28. The number of hydrogen-bond acceptors (Lipinski definition) is 3. The Balaban J connectivity index is 3.00. The molecule has 0 aliphatic rings. The van der Waals surface area contributed by atoms with E-state index in [4.69, 9.17) is 21.4 Å². The maximum Gasteiger partial charge on any atom is 0.305 e. The Bertz CT molecular complexity index is 445. The maximum atomic E-state index is 11.1. The molecule has 0 saturated heterocycles. The normalized spacial score (nSPS) is 11.7. The molecule has 1 rings (SSSR count). The molecule has 6 heteroatoms. The van der Waals surface area contributed by atoms with Crippen LogP contribution < -0.4 is 10.1 Å². The first kappa shape index (κ1) is 14.3. The predicted octanol–water partition coefficient (Wildman–Crippen LogP) is 2.00. The second kappa shape index (κ2) is 6.26. The van der Waals surface area contributed by atoms with Gasteiger partial charge < -0.3 is 15.2 Å². The van der Waals surface area contributed by atoms with Crippen molar-refractivity contribution in [3.8, 4) is 5.75 Å². The number of carboxylic acids is 1. The first-order valence-corrected chi connectivity index (χ1v) is 5.64. The second-order valence-corrected chi connectivity index (χ2v) is 4.15. The Kier molecular flexibility index (Phi) is 4.97. The SMILES string of the molecule is COc1ccc(C(CC(=O)O)NC(C)=O)cc1Cl. The summed E-state index contributed by atoms with van der Waals surface area (Å²) in [4.78, 5) is 21.8. The van der Waals surface area contributed by atoms with Gasteiger partial charge in [-0.3, -0.25) is 9.59 Å². The highest BCUT2D eigenvalue weighted by molar-refractivity contribution is 6.32. The smallest absolute Gasteiger partial charge is 0.305 e. The molecule has 0 radical (unpaired) electrons. The van der Waals surface area contributed by atoms with Gasteiger partial charge in [-0.25, -0.2) is 0 Å². The maximum absolute atomic E-state index is 11.1. The van der Waals surface area contributed by atoms with E-state index in [1.54, 1.807) is 18.2 Å². The summed E-state index contributed by atoms with van der Waals surface area (Å²) < 4.78 is 5.01. The van der Waals surface area contributed by atoms with Gasteiger partial charge in [-0.15, -0.1) is 0 Å². The largest absolute Gasteiger partial charge is 0.495 e. The third-order valence-electron chi connectivity index (χ3n) is 2.33. The zero-order valence-corrected chi connectivity index (χ0v) is 10.8. The van der Waals surface area contributed by atoms with Crippen LogP contribution in [0.4, 0.5) is 0 Å². The molecule has 5 nitrogen and oxygen atoms in total. The number of benzene rings is 1. The van der Waals surface area contributed by atoms with Crippen LogP contribution in [0, 0.1) is 0 Å². The number of carboxylic acid groups (broad SMARTS) is 1. The van der Waals surface area contributed by atoms with Crippen molar-refractivity contribution in [3.63, 3.8) is 0 Å². The molecule has 18 heavy (non-hydrogen) atoms. The van der Waals surface area contributed by atoms with Crippen LogP contribution in [-0.4, -0.2) is 24.1 Å². The molecule has 0 aliphatic carbocycles. The van der Waals surface area contributed by atoms with Crippen LogP contribution in [0.1, 0.15) is 24.9 Å². The molecule has 0 heterocycles. The highest BCUT2D eigenvalue weighted by atomic mass is 35.5. The summed E-state index contributed by atoms with van der Waals surface area (Å²) in [6.45, 7) is 1.33. The van der Waals surface area contributed by atoms with Gasteiger partial charge in [0.15, 0.2) is 0 Å². The molecular weight excluding hydrogens is 258 g/mol. The van der Waals surface area contributed by atoms with Crippen molar-refractivity contribution < 1.29 is 19.4 Å². The zero-order valence-electron chi connectivity index (χ0n) is 10.1. The van der Waals surface area contributed by atoms with Gasteiger partial charge in [0.1, 0.15) is 5.75 Å². The molecule has 0 fully saturated rings. The van der Waals surface area contributed by atoms with Gasteiger partial charge in [0.2, 0.25) is 5.91 Å². The van der Waals surface area contributed by atoms with Crippen molar-refractivity contribution in [1.82, 2.24) is 5.32 Å². The lowest BCUT2D eigenvalue weighted by Gasteiger charge is -2.17. The number of carbonyl (C=O) groups excluding carboxylic acids is 1.